The largest absolute Gasteiger partial charge is 0.464 e. The Hall–Kier alpha value is -0.800. The van der Waals surface area contributed by atoms with E-state index in [0.717, 1.165) is 37.5 Å². The van der Waals surface area contributed by atoms with Crippen LogP contribution in [0, 0.1) is 12.8 Å². The second-order valence-corrected chi connectivity index (χ2v) is 5.73. The van der Waals surface area contributed by atoms with Crippen LogP contribution in [0.4, 0.5) is 0 Å². The fourth-order valence-electron chi connectivity index (χ4n) is 2.04. The standard InChI is InChI=1S/C16H29NO2/c1-6-7-13(4)18-11-16-8-15(14(5)19-16)10-17-9-12(2)3/h8,12-13,17H,6-7,9-11H2,1-5H3. The first-order valence-electron chi connectivity index (χ1n) is 7.43. The number of furan rings is 1. The lowest BCUT2D eigenvalue weighted by atomic mass is 10.2. The molecule has 1 unspecified atom stereocenters. The Labute approximate surface area is 117 Å². The van der Waals surface area contributed by atoms with Crippen LogP contribution < -0.4 is 5.32 Å². The van der Waals surface area contributed by atoms with Crippen LogP contribution in [0.2, 0.25) is 0 Å². The molecule has 0 saturated heterocycles. The Morgan fingerprint density at radius 1 is 1.32 bits per heavy atom. The fourth-order valence-corrected chi connectivity index (χ4v) is 2.04. The van der Waals surface area contributed by atoms with Crippen molar-refractivity contribution in [2.45, 2.75) is 66.7 Å². The zero-order valence-electron chi connectivity index (χ0n) is 13.1. The van der Waals surface area contributed by atoms with Gasteiger partial charge < -0.3 is 14.5 Å². The highest BCUT2D eigenvalue weighted by molar-refractivity contribution is 5.20. The van der Waals surface area contributed by atoms with Crippen molar-refractivity contribution >= 4 is 0 Å². The van der Waals surface area contributed by atoms with E-state index >= 15 is 0 Å². The quantitative estimate of drug-likeness (QED) is 0.733. The van der Waals surface area contributed by atoms with E-state index in [1.165, 1.54) is 5.56 Å². The summed E-state index contributed by atoms with van der Waals surface area (Å²) < 4.78 is 11.5. The molecule has 0 aliphatic carbocycles. The van der Waals surface area contributed by atoms with Crippen LogP contribution >= 0.6 is 0 Å². The summed E-state index contributed by atoms with van der Waals surface area (Å²) in [5, 5.41) is 3.44. The lowest BCUT2D eigenvalue weighted by Crippen LogP contribution is -2.19. The van der Waals surface area contributed by atoms with Gasteiger partial charge in [-0.15, -0.1) is 0 Å². The van der Waals surface area contributed by atoms with Crippen molar-refractivity contribution in [2.75, 3.05) is 6.54 Å². The van der Waals surface area contributed by atoms with E-state index in [2.05, 4.69) is 39.1 Å². The minimum absolute atomic E-state index is 0.304. The van der Waals surface area contributed by atoms with Crippen molar-refractivity contribution < 1.29 is 9.15 Å². The summed E-state index contributed by atoms with van der Waals surface area (Å²) in [5.74, 6) is 2.60. The third-order valence-corrected chi connectivity index (χ3v) is 3.14. The third kappa shape index (κ3) is 6.26. The molecule has 1 N–H and O–H groups in total. The van der Waals surface area contributed by atoms with Gasteiger partial charge in [-0.05, 0) is 38.8 Å². The van der Waals surface area contributed by atoms with Crippen LogP contribution in [0.15, 0.2) is 10.5 Å². The summed E-state index contributed by atoms with van der Waals surface area (Å²) in [6.45, 7) is 13.2. The lowest BCUT2D eigenvalue weighted by molar-refractivity contribution is 0.0369. The van der Waals surface area contributed by atoms with Crippen molar-refractivity contribution in [3.05, 3.63) is 23.2 Å². The Balaban J connectivity index is 2.40. The number of nitrogens with one attached hydrogen (secondary N) is 1. The summed E-state index contributed by atoms with van der Waals surface area (Å²) in [4.78, 5) is 0. The second kappa shape index (κ2) is 8.39. The van der Waals surface area contributed by atoms with E-state index in [-0.39, 0.29) is 0 Å². The third-order valence-electron chi connectivity index (χ3n) is 3.14. The van der Waals surface area contributed by atoms with Crippen molar-refractivity contribution in [1.29, 1.82) is 0 Å². The van der Waals surface area contributed by atoms with E-state index in [4.69, 9.17) is 9.15 Å². The first-order valence-corrected chi connectivity index (χ1v) is 7.43. The molecule has 1 atom stereocenters. The molecular formula is C16H29NO2. The maximum atomic E-state index is 5.77. The summed E-state index contributed by atoms with van der Waals surface area (Å²) in [6, 6.07) is 2.11. The Morgan fingerprint density at radius 3 is 2.68 bits per heavy atom. The van der Waals surface area contributed by atoms with Crippen LogP contribution in [0.3, 0.4) is 0 Å². The van der Waals surface area contributed by atoms with Crippen LogP contribution in [-0.4, -0.2) is 12.6 Å². The molecule has 1 aromatic heterocycles. The van der Waals surface area contributed by atoms with E-state index in [0.29, 0.717) is 18.6 Å². The number of ether oxygens (including phenoxy) is 1. The molecule has 0 saturated carbocycles. The molecule has 0 aliphatic rings. The molecule has 1 rings (SSSR count). The first kappa shape index (κ1) is 16.3. The minimum Gasteiger partial charge on any atom is -0.464 e. The molecule has 0 aromatic carbocycles. The van der Waals surface area contributed by atoms with Crippen molar-refractivity contribution in [1.82, 2.24) is 5.32 Å². The summed E-state index contributed by atoms with van der Waals surface area (Å²) in [5.41, 5.74) is 1.24. The van der Waals surface area contributed by atoms with Gasteiger partial charge in [0, 0.05) is 12.1 Å². The lowest BCUT2D eigenvalue weighted by Gasteiger charge is -2.09. The maximum Gasteiger partial charge on any atom is 0.130 e. The van der Waals surface area contributed by atoms with Crippen LogP contribution in [-0.2, 0) is 17.9 Å². The Kier molecular flexibility index (Phi) is 7.17. The molecule has 0 amide bonds. The van der Waals surface area contributed by atoms with E-state index in [1.807, 2.05) is 6.92 Å². The molecule has 0 spiro atoms. The van der Waals surface area contributed by atoms with Gasteiger partial charge in [0.25, 0.3) is 0 Å². The van der Waals surface area contributed by atoms with Crippen LogP contribution in [0.25, 0.3) is 0 Å². The predicted molar refractivity (Wildman–Crippen MR) is 79.1 cm³/mol. The van der Waals surface area contributed by atoms with Gasteiger partial charge >= 0.3 is 0 Å². The van der Waals surface area contributed by atoms with Gasteiger partial charge in [0.15, 0.2) is 0 Å². The van der Waals surface area contributed by atoms with Gasteiger partial charge in [-0.1, -0.05) is 27.2 Å². The maximum absolute atomic E-state index is 5.77. The van der Waals surface area contributed by atoms with Gasteiger partial charge in [-0.25, -0.2) is 0 Å². The summed E-state index contributed by atoms with van der Waals surface area (Å²) in [6.07, 6.45) is 2.56. The number of rotatable bonds is 9. The zero-order chi connectivity index (χ0) is 14.3. The zero-order valence-corrected chi connectivity index (χ0v) is 13.1. The second-order valence-electron chi connectivity index (χ2n) is 5.73. The highest BCUT2D eigenvalue weighted by Crippen LogP contribution is 2.16. The smallest absolute Gasteiger partial charge is 0.130 e. The Morgan fingerprint density at radius 2 is 2.05 bits per heavy atom. The molecule has 3 heteroatoms. The van der Waals surface area contributed by atoms with Gasteiger partial charge in [-0.3, -0.25) is 0 Å². The van der Waals surface area contributed by atoms with Crippen LogP contribution in [0.5, 0.6) is 0 Å². The van der Waals surface area contributed by atoms with Crippen molar-refractivity contribution in [3.8, 4) is 0 Å². The predicted octanol–water partition coefficient (Wildman–Crippen LogP) is 4.04. The number of hydrogen-bond donors (Lipinski definition) is 1. The molecule has 1 aromatic rings. The number of hydrogen-bond acceptors (Lipinski definition) is 3. The molecule has 19 heavy (non-hydrogen) atoms. The SMILES string of the molecule is CCCC(C)OCc1cc(CNCC(C)C)c(C)o1. The van der Waals surface area contributed by atoms with E-state index in [9.17, 15) is 0 Å². The molecule has 0 bridgehead atoms. The highest BCUT2D eigenvalue weighted by atomic mass is 16.5. The molecule has 110 valence electrons. The van der Waals surface area contributed by atoms with Crippen molar-refractivity contribution in [3.63, 3.8) is 0 Å². The molecule has 3 nitrogen and oxygen atoms in total. The number of aryl methyl sites for hydroxylation is 1. The summed E-state index contributed by atoms with van der Waals surface area (Å²) >= 11 is 0. The first-order chi connectivity index (χ1) is 9.02. The van der Waals surface area contributed by atoms with E-state index in [1.54, 1.807) is 0 Å². The molecular weight excluding hydrogens is 238 g/mol. The molecule has 1 heterocycles. The average molecular weight is 267 g/mol. The minimum atomic E-state index is 0.304. The highest BCUT2D eigenvalue weighted by Gasteiger charge is 2.09. The van der Waals surface area contributed by atoms with Crippen LogP contribution in [0.1, 0.15) is 57.6 Å². The normalized spacial score (nSPS) is 13.2. The van der Waals surface area contributed by atoms with Gasteiger partial charge in [-0.2, -0.15) is 0 Å². The topological polar surface area (TPSA) is 34.4 Å². The monoisotopic (exact) mass is 267 g/mol. The average Bonchev–Trinajstić information content (AvgIpc) is 2.68. The summed E-state index contributed by atoms with van der Waals surface area (Å²) in [7, 11) is 0. The molecule has 0 aliphatic heterocycles. The van der Waals surface area contributed by atoms with Gasteiger partial charge in [0.1, 0.15) is 18.1 Å². The van der Waals surface area contributed by atoms with E-state index < -0.39 is 0 Å². The van der Waals surface area contributed by atoms with Gasteiger partial charge in [0.2, 0.25) is 0 Å². The fraction of sp³-hybridized carbons (Fsp3) is 0.750. The Bertz CT molecular complexity index is 358. The molecule has 0 radical (unpaired) electrons. The van der Waals surface area contributed by atoms with Crippen molar-refractivity contribution in [2.24, 2.45) is 5.92 Å². The molecule has 0 fully saturated rings. The van der Waals surface area contributed by atoms with Gasteiger partial charge in [0.05, 0.1) is 6.10 Å².